The van der Waals surface area contributed by atoms with Crippen molar-refractivity contribution in [2.75, 3.05) is 0 Å². The van der Waals surface area contributed by atoms with Crippen LogP contribution in [0, 0.1) is 5.92 Å². The maximum Gasteiger partial charge on any atom is 0.169 e. The average Bonchev–Trinajstić information content (AvgIpc) is 2.68. The lowest BCUT2D eigenvalue weighted by Gasteiger charge is -2.60. The molecule has 0 aromatic heterocycles. The van der Waals surface area contributed by atoms with E-state index in [1.54, 1.807) is 0 Å². The molecule has 1 aliphatic heterocycles. The summed E-state index contributed by atoms with van der Waals surface area (Å²) < 4.78 is 0. The summed E-state index contributed by atoms with van der Waals surface area (Å²) in [5.41, 5.74) is 3.15. The zero-order valence-electron chi connectivity index (χ0n) is 16.7. The second kappa shape index (κ2) is 7.37. The lowest BCUT2D eigenvalue weighted by molar-refractivity contribution is -0.104. The summed E-state index contributed by atoms with van der Waals surface area (Å²) >= 11 is 0. The number of ketones is 1. The van der Waals surface area contributed by atoms with Crippen LogP contribution in [0.2, 0.25) is 0 Å². The number of carbonyl (C=O) groups is 1. The molecule has 0 amide bonds. The summed E-state index contributed by atoms with van der Waals surface area (Å²) in [6.07, 6.45) is 0. The normalized spacial score (nSPS) is 22.5. The van der Waals surface area contributed by atoms with Crippen LogP contribution in [0.4, 0.5) is 0 Å². The molecule has 0 saturated carbocycles. The Morgan fingerprint density at radius 2 is 1.07 bits per heavy atom. The highest BCUT2D eigenvalue weighted by Gasteiger charge is 2.56. The number of hydrogen-bond donors (Lipinski definition) is 0. The minimum atomic E-state index is -0.105. The molecule has 1 heterocycles. The molecule has 0 aliphatic carbocycles. The third-order valence-corrected chi connectivity index (χ3v) is 5.70. The van der Waals surface area contributed by atoms with Crippen LogP contribution in [-0.4, -0.2) is 16.2 Å². The summed E-state index contributed by atoms with van der Waals surface area (Å²) in [4.78, 5) is 16.1. The summed E-state index contributed by atoms with van der Waals surface area (Å²) in [5.74, 6) is 0.121. The first-order valence-corrected chi connectivity index (χ1v) is 9.96. The van der Waals surface area contributed by atoms with E-state index in [4.69, 9.17) is 0 Å². The zero-order chi connectivity index (χ0) is 19.7. The maximum atomic E-state index is 13.6. The first-order chi connectivity index (χ1) is 13.5. The van der Waals surface area contributed by atoms with Crippen molar-refractivity contribution >= 4 is 5.78 Å². The molecule has 3 aromatic carbocycles. The number of carbonyl (C=O) groups excluding carboxylic acids is 1. The van der Waals surface area contributed by atoms with Crippen molar-refractivity contribution in [2.45, 2.75) is 38.4 Å². The van der Waals surface area contributed by atoms with Gasteiger partial charge in [-0.2, -0.15) is 0 Å². The third-order valence-electron chi connectivity index (χ3n) is 5.70. The summed E-state index contributed by atoms with van der Waals surface area (Å²) in [5, 5.41) is 0. The number of likely N-dealkylation sites (tertiary alicyclic amines) is 1. The second-order valence-electron chi connectivity index (χ2n) is 8.55. The Morgan fingerprint density at radius 1 is 0.679 bits per heavy atom. The molecule has 142 valence electrons. The molecule has 1 fully saturated rings. The van der Waals surface area contributed by atoms with Crippen LogP contribution in [0.5, 0.6) is 0 Å². The van der Waals surface area contributed by atoms with E-state index in [1.165, 1.54) is 11.1 Å². The highest BCUT2D eigenvalue weighted by atomic mass is 16.1. The molecule has 3 atom stereocenters. The van der Waals surface area contributed by atoms with Crippen LogP contribution in [-0.2, 0) is 0 Å². The van der Waals surface area contributed by atoms with Crippen LogP contribution in [0.25, 0.3) is 0 Å². The van der Waals surface area contributed by atoms with E-state index < -0.39 is 0 Å². The number of hydrogen-bond acceptors (Lipinski definition) is 2. The van der Waals surface area contributed by atoms with E-state index in [2.05, 4.69) is 74.2 Å². The minimum absolute atomic E-state index is 0.0610. The summed E-state index contributed by atoms with van der Waals surface area (Å²) in [7, 11) is 0. The van der Waals surface area contributed by atoms with E-state index in [0.29, 0.717) is 0 Å². The van der Waals surface area contributed by atoms with Gasteiger partial charge in [-0.15, -0.1) is 0 Å². The van der Waals surface area contributed by atoms with Crippen LogP contribution >= 0.6 is 0 Å². The largest absolute Gasteiger partial charge is 0.294 e. The van der Waals surface area contributed by atoms with Crippen molar-refractivity contribution in [3.8, 4) is 0 Å². The van der Waals surface area contributed by atoms with Gasteiger partial charge in [-0.3, -0.25) is 9.69 Å². The summed E-state index contributed by atoms with van der Waals surface area (Å²) in [6.45, 7) is 6.71. The SMILES string of the molecule is CC(C)(C)N1[C@H](c2ccccc2)C(C(=O)c2ccccc2)[C@@H]1c1ccccc1. The minimum Gasteiger partial charge on any atom is -0.294 e. The Bertz CT molecular complexity index is 881. The van der Waals surface area contributed by atoms with E-state index >= 15 is 0 Å². The van der Waals surface area contributed by atoms with E-state index in [-0.39, 0.29) is 29.3 Å². The van der Waals surface area contributed by atoms with Gasteiger partial charge in [0.05, 0.1) is 5.92 Å². The standard InChI is InChI=1S/C26H27NO/c1-26(2,3)27-23(19-13-7-4-8-14-19)22(24(27)20-15-9-5-10-16-20)25(28)21-17-11-6-12-18-21/h4-18,22-24H,1-3H3/t22?,23-,24+. The first kappa shape index (κ1) is 18.6. The average molecular weight is 370 g/mol. The van der Waals surface area contributed by atoms with Gasteiger partial charge >= 0.3 is 0 Å². The van der Waals surface area contributed by atoms with Gasteiger partial charge in [0.2, 0.25) is 0 Å². The van der Waals surface area contributed by atoms with E-state index in [9.17, 15) is 4.79 Å². The zero-order valence-corrected chi connectivity index (χ0v) is 16.7. The molecule has 0 N–H and O–H groups in total. The third kappa shape index (κ3) is 3.29. The second-order valence-corrected chi connectivity index (χ2v) is 8.55. The van der Waals surface area contributed by atoms with Gasteiger partial charge < -0.3 is 0 Å². The van der Waals surface area contributed by atoms with Gasteiger partial charge in [-0.05, 0) is 31.9 Å². The molecular weight excluding hydrogens is 342 g/mol. The van der Waals surface area contributed by atoms with Gasteiger partial charge in [0, 0.05) is 23.2 Å². The Hall–Kier alpha value is -2.71. The number of benzene rings is 3. The van der Waals surface area contributed by atoms with Gasteiger partial charge in [0.1, 0.15) is 0 Å². The smallest absolute Gasteiger partial charge is 0.169 e. The van der Waals surface area contributed by atoms with Gasteiger partial charge in [-0.1, -0.05) is 91.0 Å². The van der Waals surface area contributed by atoms with Crippen molar-refractivity contribution in [3.63, 3.8) is 0 Å². The molecule has 3 aromatic rings. The number of rotatable bonds is 4. The van der Waals surface area contributed by atoms with Crippen LogP contribution in [0.1, 0.15) is 54.3 Å². The van der Waals surface area contributed by atoms with Gasteiger partial charge in [-0.25, -0.2) is 0 Å². The lowest BCUT2D eigenvalue weighted by Crippen LogP contribution is -2.61. The van der Waals surface area contributed by atoms with Crippen LogP contribution < -0.4 is 0 Å². The molecule has 2 nitrogen and oxygen atoms in total. The van der Waals surface area contributed by atoms with Crippen molar-refractivity contribution in [1.29, 1.82) is 0 Å². The fraction of sp³-hybridized carbons (Fsp3) is 0.269. The van der Waals surface area contributed by atoms with E-state index in [0.717, 1.165) is 5.56 Å². The Balaban J connectivity index is 1.83. The summed E-state index contributed by atoms with van der Waals surface area (Å²) in [6, 6.07) is 30.8. The fourth-order valence-electron chi connectivity index (χ4n) is 4.54. The molecule has 1 aliphatic rings. The first-order valence-electron chi connectivity index (χ1n) is 9.96. The predicted octanol–water partition coefficient (Wildman–Crippen LogP) is 6.08. The molecule has 0 bridgehead atoms. The topological polar surface area (TPSA) is 20.3 Å². The highest BCUT2D eigenvalue weighted by Crippen LogP contribution is 2.57. The van der Waals surface area contributed by atoms with E-state index in [1.807, 2.05) is 42.5 Å². The quantitative estimate of drug-likeness (QED) is 0.519. The maximum absolute atomic E-state index is 13.6. The Morgan fingerprint density at radius 3 is 1.46 bits per heavy atom. The van der Waals surface area contributed by atoms with Gasteiger partial charge in [0.15, 0.2) is 5.78 Å². The van der Waals surface area contributed by atoms with Crippen LogP contribution in [0.15, 0.2) is 91.0 Å². The van der Waals surface area contributed by atoms with Crippen molar-refractivity contribution in [2.24, 2.45) is 5.92 Å². The van der Waals surface area contributed by atoms with Gasteiger partial charge in [0.25, 0.3) is 0 Å². The Labute approximate surface area is 167 Å². The predicted molar refractivity (Wildman–Crippen MR) is 114 cm³/mol. The monoisotopic (exact) mass is 369 g/mol. The Kier molecular flexibility index (Phi) is 4.91. The lowest BCUT2D eigenvalue weighted by atomic mass is 9.67. The molecule has 28 heavy (non-hydrogen) atoms. The van der Waals surface area contributed by atoms with Crippen molar-refractivity contribution < 1.29 is 4.79 Å². The highest BCUT2D eigenvalue weighted by molar-refractivity contribution is 5.99. The molecule has 4 rings (SSSR count). The van der Waals surface area contributed by atoms with Crippen LogP contribution in [0.3, 0.4) is 0 Å². The fourth-order valence-corrected chi connectivity index (χ4v) is 4.54. The van der Waals surface area contributed by atoms with Crippen molar-refractivity contribution in [1.82, 2.24) is 4.90 Å². The number of nitrogens with zero attached hydrogens (tertiary/aromatic N) is 1. The molecule has 1 unspecified atom stereocenters. The molecular formula is C26H27NO. The molecule has 0 radical (unpaired) electrons. The van der Waals surface area contributed by atoms with Crippen molar-refractivity contribution in [3.05, 3.63) is 108 Å². The molecule has 1 saturated heterocycles. The molecule has 2 heteroatoms. The number of Topliss-reactive ketones (excluding diaryl/α,β-unsaturated/α-hetero) is 1. The molecule has 0 spiro atoms.